The first-order chi connectivity index (χ1) is 16.0. The van der Waals surface area contributed by atoms with E-state index in [0.29, 0.717) is 17.1 Å². The number of rotatable bonds is 6. The minimum absolute atomic E-state index is 0.0495. The quantitative estimate of drug-likeness (QED) is 0.523. The molecule has 1 fully saturated rings. The number of anilines is 1. The molecule has 1 saturated heterocycles. The summed E-state index contributed by atoms with van der Waals surface area (Å²) in [6, 6.07) is 8.40. The molecule has 2 atom stereocenters. The third-order valence-electron chi connectivity index (χ3n) is 5.34. The molecular weight excluding hydrogens is 435 g/mol. The summed E-state index contributed by atoms with van der Waals surface area (Å²) in [4.78, 5) is 31.0. The van der Waals surface area contributed by atoms with Gasteiger partial charge >= 0.3 is 0 Å². The highest BCUT2D eigenvalue weighted by atomic mass is 19.1. The molecule has 0 saturated carbocycles. The highest BCUT2D eigenvalue weighted by Crippen LogP contribution is 2.34. The summed E-state index contributed by atoms with van der Waals surface area (Å²) >= 11 is 0. The molecule has 0 spiro atoms. The molecule has 0 unspecified atom stereocenters. The molecule has 11 nitrogen and oxygen atoms in total. The van der Waals surface area contributed by atoms with Crippen LogP contribution in [0.4, 0.5) is 10.1 Å². The summed E-state index contributed by atoms with van der Waals surface area (Å²) in [5.41, 5.74) is 0.722. The van der Waals surface area contributed by atoms with E-state index < -0.39 is 29.7 Å². The van der Waals surface area contributed by atoms with Crippen LogP contribution in [-0.4, -0.2) is 53.3 Å². The monoisotopic (exact) mass is 452 g/mol. The van der Waals surface area contributed by atoms with E-state index in [9.17, 15) is 14.0 Å². The molecule has 3 aromatic rings. The van der Waals surface area contributed by atoms with Crippen molar-refractivity contribution in [1.29, 1.82) is 0 Å². The Morgan fingerprint density at radius 1 is 1.09 bits per heavy atom. The maximum Gasteiger partial charge on any atom is 0.263 e. The first-order valence-corrected chi connectivity index (χ1v) is 9.86. The summed E-state index contributed by atoms with van der Waals surface area (Å²) in [5.74, 6) is -0.163. The van der Waals surface area contributed by atoms with Gasteiger partial charge in [0.25, 0.3) is 11.8 Å². The van der Waals surface area contributed by atoms with Crippen molar-refractivity contribution in [3.05, 3.63) is 54.2 Å². The van der Waals surface area contributed by atoms with E-state index in [4.69, 9.17) is 14.0 Å². The van der Waals surface area contributed by atoms with Crippen molar-refractivity contribution in [1.82, 2.24) is 15.1 Å². The number of benzene rings is 2. The zero-order valence-corrected chi connectivity index (χ0v) is 17.5. The topological polar surface area (TPSA) is 123 Å². The lowest BCUT2D eigenvalue weighted by Crippen LogP contribution is -2.39. The number of fused-ring (bicyclic) bond motifs is 1. The maximum atomic E-state index is 13.6. The Hall–Kier alpha value is -4.35. The maximum absolute atomic E-state index is 13.6. The lowest BCUT2D eigenvalue weighted by Gasteiger charge is -2.19. The third-order valence-corrected chi connectivity index (χ3v) is 5.34. The predicted octanol–water partition coefficient (Wildman–Crippen LogP) is 2.39. The Morgan fingerprint density at radius 2 is 1.94 bits per heavy atom. The number of aromatic nitrogens is 2. The van der Waals surface area contributed by atoms with Crippen LogP contribution < -0.4 is 14.4 Å². The fraction of sp³-hybridized carbons (Fsp3) is 0.238. The van der Waals surface area contributed by atoms with Crippen molar-refractivity contribution in [3.8, 4) is 22.9 Å². The van der Waals surface area contributed by atoms with Gasteiger partial charge in [0.1, 0.15) is 23.9 Å². The number of carbonyl (C=O) groups excluding carboxylic acids is 2. The van der Waals surface area contributed by atoms with Gasteiger partial charge in [-0.25, -0.2) is 9.29 Å². The Labute approximate surface area is 186 Å². The number of methoxy groups -OCH3 is 2. The van der Waals surface area contributed by atoms with E-state index in [1.54, 1.807) is 25.3 Å². The number of hydrogen-bond acceptors (Lipinski definition) is 10. The zero-order chi connectivity index (χ0) is 23.1. The van der Waals surface area contributed by atoms with Gasteiger partial charge in [-0.2, -0.15) is 10.1 Å². The fourth-order valence-electron chi connectivity index (χ4n) is 3.77. The molecule has 12 heteroatoms. The first kappa shape index (κ1) is 20.5. The standard InChI is InChI=1S/C21H17FN6O5/c1-31-13-6-7-14(15(9-13)32-2)19-23-16(33-25-19)10-27-18-17(24-26-27)20(29)28(21(18)30)12-5-3-4-11(22)8-12/h3-9,17-18H,10H2,1-2H3/t17-,18+/m0/s1. The number of carbonyl (C=O) groups is 2. The normalized spacial score (nSPS) is 19.4. The third kappa shape index (κ3) is 3.45. The molecule has 168 valence electrons. The number of hydrogen-bond donors (Lipinski definition) is 0. The van der Waals surface area contributed by atoms with E-state index >= 15 is 0 Å². The minimum atomic E-state index is -1.02. The molecule has 33 heavy (non-hydrogen) atoms. The van der Waals surface area contributed by atoms with E-state index in [0.717, 1.165) is 11.0 Å². The predicted molar refractivity (Wildman–Crippen MR) is 110 cm³/mol. The Morgan fingerprint density at radius 3 is 2.70 bits per heavy atom. The Balaban J connectivity index is 1.37. The van der Waals surface area contributed by atoms with Crippen molar-refractivity contribution in [2.24, 2.45) is 10.3 Å². The number of halogens is 1. The van der Waals surface area contributed by atoms with Gasteiger partial charge in [0, 0.05) is 6.07 Å². The van der Waals surface area contributed by atoms with E-state index in [1.165, 1.54) is 30.3 Å². The molecule has 1 aromatic heterocycles. The number of ether oxygens (including phenoxy) is 2. The molecule has 2 aliphatic rings. The molecule has 5 rings (SSSR count). The molecule has 2 aliphatic heterocycles. The van der Waals surface area contributed by atoms with Gasteiger partial charge in [0.05, 0.1) is 25.5 Å². The van der Waals surface area contributed by atoms with Gasteiger partial charge in [-0.3, -0.25) is 14.6 Å². The first-order valence-electron chi connectivity index (χ1n) is 9.86. The van der Waals surface area contributed by atoms with E-state index in [2.05, 4.69) is 20.5 Å². The van der Waals surface area contributed by atoms with Gasteiger partial charge in [-0.15, -0.1) is 0 Å². The average Bonchev–Trinajstić information content (AvgIpc) is 3.51. The van der Waals surface area contributed by atoms with Crippen LogP contribution in [-0.2, 0) is 16.1 Å². The highest BCUT2D eigenvalue weighted by Gasteiger charge is 2.55. The molecule has 2 amide bonds. The van der Waals surface area contributed by atoms with E-state index in [-0.39, 0.29) is 23.9 Å². The van der Waals surface area contributed by atoms with Crippen LogP contribution in [0.3, 0.4) is 0 Å². The SMILES string of the molecule is COc1ccc(-c2noc(CN3N=N[C@@H]4C(=O)N(c5cccc(F)c5)C(=O)[C@@H]43)n2)c(OC)c1. The van der Waals surface area contributed by atoms with Crippen molar-refractivity contribution in [2.75, 3.05) is 19.1 Å². The van der Waals surface area contributed by atoms with Crippen molar-refractivity contribution in [2.45, 2.75) is 18.6 Å². The lowest BCUT2D eigenvalue weighted by atomic mass is 10.1. The summed E-state index contributed by atoms with van der Waals surface area (Å²) in [5, 5.41) is 13.2. The Bertz CT molecular complexity index is 1280. The minimum Gasteiger partial charge on any atom is -0.497 e. The van der Waals surface area contributed by atoms with Gasteiger partial charge < -0.3 is 14.0 Å². The van der Waals surface area contributed by atoms with Gasteiger partial charge in [0.15, 0.2) is 12.1 Å². The van der Waals surface area contributed by atoms with Gasteiger partial charge in [-0.1, -0.05) is 16.4 Å². The molecule has 0 aliphatic carbocycles. The van der Waals surface area contributed by atoms with Crippen LogP contribution in [0, 0.1) is 5.82 Å². The van der Waals surface area contributed by atoms with Gasteiger partial charge in [-0.05, 0) is 30.3 Å². The van der Waals surface area contributed by atoms with E-state index in [1.807, 2.05) is 0 Å². The lowest BCUT2D eigenvalue weighted by molar-refractivity contribution is -0.123. The molecule has 0 radical (unpaired) electrons. The van der Waals surface area contributed by atoms with Crippen LogP contribution in [0.5, 0.6) is 11.5 Å². The summed E-state index contributed by atoms with van der Waals surface area (Å²) in [7, 11) is 3.06. The second-order valence-electron chi connectivity index (χ2n) is 7.26. The summed E-state index contributed by atoms with van der Waals surface area (Å²) < 4.78 is 29.5. The van der Waals surface area contributed by atoms with Crippen molar-refractivity contribution in [3.63, 3.8) is 0 Å². The summed E-state index contributed by atoms with van der Waals surface area (Å²) in [6.45, 7) is -0.0495. The average molecular weight is 452 g/mol. The highest BCUT2D eigenvalue weighted by molar-refractivity contribution is 6.25. The Kier molecular flexibility index (Phi) is 4.96. The zero-order valence-electron chi connectivity index (χ0n) is 17.5. The molecule has 3 heterocycles. The molecule has 0 N–H and O–H groups in total. The smallest absolute Gasteiger partial charge is 0.263 e. The van der Waals surface area contributed by atoms with Crippen molar-refractivity contribution < 1.29 is 28.0 Å². The second kappa shape index (κ2) is 7.97. The number of nitrogens with zero attached hydrogens (tertiary/aromatic N) is 6. The van der Waals surface area contributed by atoms with Crippen LogP contribution in [0.15, 0.2) is 57.3 Å². The molecular formula is C21H17FN6O5. The van der Waals surface area contributed by atoms with Crippen LogP contribution >= 0.6 is 0 Å². The summed E-state index contributed by atoms with van der Waals surface area (Å²) in [6.07, 6.45) is 0. The number of amides is 2. The van der Waals surface area contributed by atoms with Crippen LogP contribution in [0.2, 0.25) is 0 Å². The molecule has 0 bridgehead atoms. The largest absolute Gasteiger partial charge is 0.497 e. The fourth-order valence-corrected chi connectivity index (χ4v) is 3.77. The van der Waals surface area contributed by atoms with Crippen molar-refractivity contribution >= 4 is 17.5 Å². The van der Waals surface area contributed by atoms with Gasteiger partial charge in [0.2, 0.25) is 11.7 Å². The number of imide groups is 1. The van der Waals surface area contributed by atoms with Crippen LogP contribution in [0.25, 0.3) is 11.4 Å². The molecule has 2 aromatic carbocycles. The van der Waals surface area contributed by atoms with Crippen LogP contribution in [0.1, 0.15) is 5.89 Å². The second-order valence-corrected chi connectivity index (χ2v) is 7.26.